The van der Waals surface area contributed by atoms with Crippen LogP contribution < -0.4 is 0 Å². The molecule has 1 rings (SSSR count). The van der Waals surface area contributed by atoms with Crippen molar-refractivity contribution in [3.8, 4) is 0 Å². The van der Waals surface area contributed by atoms with Crippen LogP contribution in [0.2, 0.25) is 0 Å². The predicted octanol–water partition coefficient (Wildman–Crippen LogP) is 1.61. The maximum absolute atomic E-state index is 12.2. The minimum Gasteiger partial charge on any atom is -0.392 e. The van der Waals surface area contributed by atoms with E-state index in [4.69, 9.17) is 5.11 Å². The zero-order chi connectivity index (χ0) is 13.1. The molecule has 98 valence electrons. The molecule has 0 saturated heterocycles. The van der Waals surface area contributed by atoms with Crippen molar-refractivity contribution in [1.82, 2.24) is 4.31 Å². The van der Waals surface area contributed by atoms with Crippen molar-refractivity contribution in [3.63, 3.8) is 0 Å². The quantitative estimate of drug-likeness (QED) is 0.866. The Labute approximate surface area is 111 Å². The van der Waals surface area contributed by atoms with Gasteiger partial charge < -0.3 is 5.11 Å². The van der Waals surface area contributed by atoms with Gasteiger partial charge >= 0.3 is 0 Å². The summed E-state index contributed by atoms with van der Waals surface area (Å²) in [5.41, 5.74) is 0.638. The van der Waals surface area contributed by atoms with Crippen LogP contribution in [0.1, 0.15) is 12.5 Å². The van der Waals surface area contributed by atoms with Crippen molar-refractivity contribution < 1.29 is 13.5 Å². The number of rotatable bonds is 6. The van der Waals surface area contributed by atoms with E-state index in [-0.39, 0.29) is 16.9 Å². The Kier molecular flexibility index (Phi) is 5.46. The Morgan fingerprint density at radius 1 is 1.59 bits per heavy atom. The second-order valence-corrected chi connectivity index (χ2v) is 7.80. The summed E-state index contributed by atoms with van der Waals surface area (Å²) in [7, 11) is -1.83. The van der Waals surface area contributed by atoms with Crippen LogP contribution in [0.3, 0.4) is 0 Å². The maximum atomic E-state index is 12.2. The van der Waals surface area contributed by atoms with Crippen LogP contribution >= 0.6 is 23.1 Å². The third kappa shape index (κ3) is 3.45. The monoisotopic (exact) mass is 295 g/mol. The van der Waals surface area contributed by atoms with E-state index in [0.717, 1.165) is 17.1 Å². The molecule has 0 bridgehead atoms. The molecule has 0 spiro atoms. The lowest BCUT2D eigenvalue weighted by molar-refractivity contribution is 0.282. The summed E-state index contributed by atoms with van der Waals surface area (Å²) in [6, 6.07) is 1.48. The average molecular weight is 295 g/mol. The average Bonchev–Trinajstić information content (AvgIpc) is 2.77. The highest BCUT2D eigenvalue weighted by Crippen LogP contribution is 2.24. The van der Waals surface area contributed by atoms with E-state index in [1.165, 1.54) is 10.4 Å². The van der Waals surface area contributed by atoms with Crippen molar-refractivity contribution in [2.24, 2.45) is 0 Å². The van der Waals surface area contributed by atoms with Crippen LogP contribution in [0.4, 0.5) is 0 Å². The highest BCUT2D eigenvalue weighted by Gasteiger charge is 2.26. The Bertz CT molecular complexity index is 455. The van der Waals surface area contributed by atoms with E-state index in [2.05, 4.69) is 0 Å². The molecule has 17 heavy (non-hydrogen) atoms. The number of thioether (sulfide) groups is 1. The molecule has 0 saturated carbocycles. The molecule has 1 N–H and O–H groups in total. The fourth-order valence-corrected chi connectivity index (χ4v) is 4.84. The summed E-state index contributed by atoms with van der Waals surface area (Å²) in [6.07, 6.45) is 1.95. The topological polar surface area (TPSA) is 57.6 Å². The number of aliphatic hydroxyl groups is 1. The number of nitrogens with zero attached hydrogens (tertiary/aromatic N) is 1. The van der Waals surface area contributed by atoms with Crippen molar-refractivity contribution in [2.45, 2.75) is 23.8 Å². The first-order chi connectivity index (χ1) is 7.93. The van der Waals surface area contributed by atoms with Gasteiger partial charge in [0, 0.05) is 18.8 Å². The van der Waals surface area contributed by atoms with Crippen LogP contribution in [0, 0.1) is 0 Å². The molecule has 1 aromatic heterocycles. The molecule has 0 aromatic carbocycles. The van der Waals surface area contributed by atoms with Gasteiger partial charge in [-0.2, -0.15) is 16.1 Å². The van der Waals surface area contributed by atoms with Crippen LogP contribution in [0.15, 0.2) is 15.7 Å². The molecule has 1 aromatic rings. The number of hydrogen-bond acceptors (Lipinski definition) is 5. The molecule has 0 amide bonds. The molecule has 0 aliphatic heterocycles. The molecule has 4 nitrogen and oxygen atoms in total. The standard InChI is InChI=1S/C10H17NO3S3/c1-8(6-15-3)11(2)17(13,14)10-4-9(5-12)7-16-10/h4,7-8,12H,5-6H2,1-3H3. The Balaban J connectivity index is 2.94. The minimum absolute atomic E-state index is 0.0466. The van der Waals surface area contributed by atoms with Crippen LogP contribution in [0.25, 0.3) is 0 Å². The molecule has 0 radical (unpaired) electrons. The molecular formula is C10H17NO3S3. The lowest BCUT2D eigenvalue weighted by Gasteiger charge is -2.22. The number of hydrogen-bond donors (Lipinski definition) is 1. The van der Waals surface area contributed by atoms with Gasteiger partial charge in [0.25, 0.3) is 10.0 Å². The van der Waals surface area contributed by atoms with Crippen molar-refractivity contribution in [2.75, 3.05) is 19.1 Å². The van der Waals surface area contributed by atoms with Gasteiger partial charge in [-0.1, -0.05) is 0 Å². The molecule has 0 aliphatic carbocycles. The fraction of sp³-hybridized carbons (Fsp3) is 0.600. The lowest BCUT2D eigenvalue weighted by Crippen LogP contribution is -2.36. The zero-order valence-electron chi connectivity index (χ0n) is 10.1. The summed E-state index contributed by atoms with van der Waals surface area (Å²) >= 11 is 2.76. The summed E-state index contributed by atoms with van der Waals surface area (Å²) in [6.45, 7) is 1.75. The normalized spacial score (nSPS) is 14.2. The van der Waals surface area contributed by atoms with Gasteiger partial charge in [0.15, 0.2) is 0 Å². The van der Waals surface area contributed by atoms with Crippen molar-refractivity contribution in [3.05, 3.63) is 17.0 Å². The van der Waals surface area contributed by atoms with Gasteiger partial charge in [-0.3, -0.25) is 0 Å². The third-order valence-corrected chi connectivity index (χ3v) is 6.73. The fourth-order valence-electron chi connectivity index (χ4n) is 1.30. The molecule has 0 aliphatic rings. The van der Waals surface area contributed by atoms with Gasteiger partial charge in [-0.25, -0.2) is 8.42 Å². The molecule has 7 heteroatoms. The minimum atomic E-state index is -3.42. The van der Waals surface area contributed by atoms with E-state index < -0.39 is 10.0 Å². The van der Waals surface area contributed by atoms with Crippen LogP contribution in [0.5, 0.6) is 0 Å². The second-order valence-electron chi connectivity index (χ2n) is 3.76. The predicted molar refractivity (Wildman–Crippen MR) is 73.0 cm³/mol. The second kappa shape index (κ2) is 6.19. The van der Waals surface area contributed by atoms with E-state index in [9.17, 15) is 8.42 Å². The van der Waals surface area contributed by atoms with E-state index in [0.29, 0.717) is 5.56 Å². The molecule has 1 heterocycles. The van der Waals surface area contributed by atoms with E-state index in [1.807, 2.05) is 13.2 Å². The highest BCUT2D eigenvalue weighted by atomic mass is 32.2. The Morgan fingerprint density at radius 2 is 2.24 bits per heavy atom. The highest BCUT2D eigenvalue weighted by molar-refractivity contribution is 7.98. The first-order valence-electron chi connectivity index (χ1n) is 5.08. The first kappa shape index (κ1) is 15.0. The lowest BCUT2D eigenvalue weighted by atomic mass is 10.4. The molecule has 1 unspecified atom stereocenters. The number of sulfonamides is 1. The first-order valence-corrected chi connectivity index (χ1v) is 8.80. The van der Waals surface area contributed by atoms with Gasteiger partial charge in [0.1, 0.15) is 4.21 Å². The zero-order valence-corrected chi connectivity index (χ0v) is 12.5. The Hall–Kier alpha value is -0.0800. The SMILES string of the molecule is CSCC(C)N(C)S(=O)(=O)c1cc(CO)cs1. The largest absolute Gasteiger partial charge is 0.392 e. The smallest absolute Gasteiger partial charge is 0.252 e. The summed E-state index contributed by atoms with van der Waals surface area (Å²) in [5.74, 6) is 0.758. The molecule has 0 fully saturated rings. The summed E-state index contributed by atoms with van der Waals surface area (Å²) in [5, 5.41) is 10.6. The van der Waals surface area contributed by atoms with Crippen LogP contribution in [-0.4, -0.2) is 42.9 Å². The Morgan fingerprint density at radius 3 is 2.71 bits per heavy atom. The number of thiophene rings is 1. The van der Waals surface area contributed by atoms with Gasteiger partial charge in [-0.15, -0.1) is 11.3 Å². The van der Waals surface area contributed by atoms with Gasteiger partial charge in [-0.05, 0) is 30.2 Å². The summed E-state index contributed by atoms with van der Waals surface area (Å²) in [4.78, 5) is 0. The third-order valence-electron chi connectivity index (χ3n) is 2.47. The van der Waals surface area contributed by atoms with Crippen molar-refractivity contribution >= 4 is 33.1 Å². The van der Waals surface area contributed by atoms with Gasteiger partial charge in [0.2, 0.25) is 0 Å². The molecule has 1 atom stereocenters. The maximum Gasteiger partial charge on any atom is 0.252 e. The van der Waals surface area contributed by atoms with E-state index in [1.54, 1.807) is 24.2 Å². The van der Waals surface area contributed by atoms with E-state index >= 15 is 0 Å². The summed E-state index contributed by atoms with van der Waals surface area (Å²) < 4.78 is 26.1. The van der Waals surface area contributed by atoms with Crippen molar-refractivity contribution in [1.29, 1.82) is 0 Å². The molecular weight excluding hydrogens is 278 g/mol. The van der Waals surface area contributed by atoms with Crippen LogP contribution in [-0.2, 0) is 16.6 Å². The number of aliphatic hydroxyl groups excluding tert-OH is 1. The van der Waals surface area contributed by atoms with Gasteiger partial charge in [0.05, 0.1) is 6.61 Å².